The largest absolute Gasteiger partial charge is 0.507 e. The predicted octanol–water partition coefficient (Wildman–Crippen LogP) is 6.51. The maximum absolute atomic E-state index is 13.4. The molecule has 1 amide bonds. The van der Waals surface area contributed by atoms with Crippen LogP contribution in [0.25, 0.3) is 5.76 Å². The number of Topliss-reactive ketones (excluding diaryl/α,β-unsaturated/α-hetero) is 1. The van der Waals surface area contributed by atoms with Crippen LogP contribution in [0.15, 0.2) is 88.8 Å². The van der Waals surface area contributed by atoms with Crippen molar-refractivity contribution in [2.45, 2.75) is 23.1 Å². The number of nitrogens with zero attached hydrogens (tertiary/aromatic N) is 3. The highest BCUT2D eigenvalue weighted by atomic mass is 35.5. The molecule has 1 aliphatic heterocycles. The molecule has 3 aromatic carbocycles. The van der Waals surface area contributed by atoms with Crippen LogP contribution in [-0.4, -0.2) is 33.6 Å². The zero-order valence-electron chi connectivity index (χ0n) is 20.2. The van der Waals surface area contributed by atoms with Gasteiger partial charge in [0.05, 0.1) is 18.2 Å². The van der Waals surface area contributed by atoms with Crippen molar-refractivity contribution in [3.8, 4) is 5.75 Å². The fraction of sp³-hybridized carbons (Fsp3) is 0.143. The highest BCUT2D eigenvalue weighted by Crippen LogP contribution is 2.44. The minimum atomic E-state index is -0.882. The Morgan fingerprint density at radius 3 is 2.42 bits per heavy atom. The lowest BCUT2D eigenvalue weighted by Crippen LogP contribution is -2.29. The first-order valence-electron chi connectivity index (χ1n) is 11.8. The average molecular weight is 564 g/mol. The molecular formula is C28H22ClN3O4S2. The van der Waals surface area contributed by atoms with Gasteiger partial charge in [0.25, 0.3) is 5.78 Å². The van der Waals surface area contributed by atoms with Crippen molar-refractivity contribution in [3.05, 3.63) is 106 Å². The van der Waals surface area contributed by atoms with Crippen molar-refractivity contribution in [3.63, 3.8) is 0 Å². The van der Waals surface area contributed by atoms with Crippen molar-refractivity contribution in [2.24, 2.45) is 0 Å². The molecule has 38 heavy (non-hydrogen) atoms. The SMILES string of the molecule is CCOc1ccc(C2/C(=C(/O)c3ccccc3)C(=O)C(=O)N2c2nnc(SCc3ccc(Cl)cc3)s2)cc1. The lowest BCUT2D eigenvalue weighted by atomic mass is 9.95. The first kappa shape index (κ1) is 26.0. The molecule has 7 nitrogen and oxygen atoms in total. The summed E-state index contributed by atoms with van der Waals surface area (Å²) in [5, 5.41) is 20.6. The molecule has 0 aliphatic carbocycles. The summed E-state index contributed by atoms with van der Waals surface area (Å²) in [5.41, 5.74) is 2.14. The van der Waals surface area contributed by atoms with E-state index in [4.69, 9.17) is 16.3 Å². The van der Waals surface area contributed by atoms with E-state index in [0.717, 1.165) is 5.56 Å². The lowest BCUT2D eigenvalue weighted by Gasteiger charge is -2.22. The average Bonchev–Trinajstić information content (AvgIpc) is 3.51. The molecule has 192 valence electrons. The van der Waals surface area contributed by atoms with E-state index >= 15 is 0 Å². The summed E-state index contributed by atoms with van der Waals surface area (Å²) in [5.74, 6) is -0.496. The number of hydrogen-bond donors (Lipinski definition) is 1. The van der Waals surface area contributed by atoms with E-state index in [1.54, 1.807) is 48.5 Å². The number of rotatable bonds is 8. The van der Waals surface area contributed by atoms with E-state index < -0.39 is 17.7 Å². The van der Waals surface area contributed by atoms with Gasteiger partial charge < -0.3 is 9.84 Å². The Morgan fingerprint density at radius 1 is 1.03 bits per heavy atom. The summed E-state index contributed by atoms with van der Waals surface area (Å²) in [4.78, 5) is 28.0. The summed E-state index contributed by atoms with van der Waals surface area (Å²) in [6.07, 6.45) is 0. The topological polar surface area (TPSA) is 92.6 Å². The highest BCUT2D eigenvalue weighted by molar-refractivity contribution is 8.00. The fourth-order valence-electron chi connectivity index (χ4n) is 4.09. The summed E-state index contributed by atoms with van der Waals surface area (Å²) in [6.45, 7) is 2.40. The van der Waals surface area contributed by atoms with E-state index in [2.05, 4.69) is 10.2 Å². The van der Waals surface area contributed by atoms with Crippen LogP contribution >= 0.6 is 34.7 Å². The number of aromatic nitrogens is 2. The van der Waals surface area contributed by atoms with Crippen molar-refractivity contribution < 1.29 is 19.4 Å². The number of ketones is 1. The molecule has 1 fully saturated rings. The third-order valence-electron chi connectivity index (χ3n) is 5.88. The van der Waals surface area contributed by atoms with Crippen LogP contribution < -0.4 is 9.64 Å². The number of ether oxygens (including phenoxy) is 1. The van der Waals surface area contributed by atoms with Gasteiger partial charge in [-0.3, -0.25) is 14.5 Å². The van der Waals surface area contributed by atoms with Gasteiger partial charge in [-0.1, -0.05) is 89.3 Å². The highest BCUT2D eigenvalue weighted by Gasteiger charge is 2.48. The van der Waals surface area contributed by atoms with Crippen molar-refractivity contribution >= 4 is 57.3 Å². The van der Waals surface area contributed by atoms with E-state index in [-0.39, 0.29) is 16.5 Å². The van der Waals surface area contributed by atoms with Crippen LogP contribution in [0.2, 0.25) is 5.02 Å². The molecule has 1 saturated heterocycles. The number of aliphatic hydroxyl groups excluding tert-OH is 1. The predicted molar refractivity (Wildman–Crippen MR) is 150 cm³/mol. The second-order valence-corrected chi connectivity index (χ2v) is 10.9. The lowest BCUT2D eigenvalue weighted by molar-refractivity contribution is -0.132. The molecule has 1 atom stereocenters. The molecular weight excluding hydrogens is 542 g/mol. The Labute approximate surface area is 232 Å². The van der Waals surface area contributed by atoms with E-state index in [0.29, 0.717) is 38.6 Å². The van der Waals surface area contributed by atoms with E-state index in [1.807, 2.05) is 37.3 Å². The van der Waals surface area contributed by atoms with Crippen LogP contribution in [0.5, 0.6) is 5.75 Å². The van der Waals surface area contributed by atoms with E-state index in [1.165, 1.54) is 28.0 Å². The quantitative estimate of drug-likeness (QED) is 0.0858. The molecule has 5 rings (SSSR count). The smallest absolute Gasteiger partial charge is 0.301 e. The molecule has 1 unspecified atom stereocenters. The third-order valence-corrected chi connectivity index (χ3v) is 8.25. The first-order chi connectivity index (χ1) is 18.5. The number of anilines is 1. The molecule has 10 heteroatoms. The normalized spacial score (nSPS) is 16.7. The molecule has 4 aromatic rings. The van der Waals surface area contributed by atoms with Gasteiger partial charge in [0.2, 0.25) is 5.13 Å². The van der Waals surface area contributed by atoms with Gasteiger partial charge in [-0.25, -0.2) is 0 Å². The Morgan fingerprint density at radius 2 is 1.74 bits per heavy atom. The second kappa shape index (κ2) is 11.4. The molecule has 1 N–H and O–H groups in total. The molecule has 2 heterocycles. The van der Waals surface area contributed by atoms with Gasteiger partial charge >= 0.3 is 5.91 Å². The molecule has 1 aliphatic rings. The summed E-state index contributed by atoms with van der Waals surface area (Å²) in [6, 6.07) is 22.4. The minimum absolute atomic E-state index is 0.00377. The van der Waals surface area contributed by atoms with Gasteiger partial charge in [-0.15, -0.1) is 10.2 Å². The Bertz CT molecular complexity index is 1490. The minimum Gasteiger partial charge on any atom is -0.507 e. The standard InChI is InChI=1S/C28H22ClN3O4S2/c1-2-36-21-14-10-18(11-15-21)23-22(24(33)19-6-4-3-5-7-19)25(34)26(35)32(23)27-30-31-28(38-27)37-16-17-8-12-20(29)13-9-17/h3-15,23,33H,2,16H2,1H3/b24-22-. The molecule has 0 spiro atoms. The molecule has 0 saturated carbocycles. The summed E-state index contributed by atoms with van der Waals surface area (Å²) < 4.78 is 6.20. The summed E-state index contributed by atoms with van der Waals surface area (Å²) in [7, 11) is 0. The Kier molecular flexibility index (Phi) is 7.78. The summed E-state index contributed by atoms with van der Waals surface area (Å²) >= 11 is 8.66. The Hall–Kier alpha value is -3.66. The number of thioether (sulfide) groups is 1. The molecule has 0 radical (unpaired) electrons. The monoisotopic (exact) mass is 563 g/mol. The maximum atomic E-state index is 13.4. The first-order valence-corrected chi connectivity index (χ1v) is 13.9. The van der Waals surface area contributed by atoms with Gasteiger partial charge in [0.1, 0.15) is 11.5 Å². The number of benzene rings is 3. The number of aliphatic hydroxyl groups is 1. The number of halogens is 1. The van der Waals surface area contributed by atoms with E-state index in [9.17, 15) is 14.7 Å². The van der Waals surface area contributed by atoms with Crippen LogP contribution in [-0.2, 0) is 15.3 Å². The van der Waals surface area contributed by atoms with Gasteiger partial charge in [0.15, 0.2) is 4.34 Å². The molecule has 1 aromatic heterocycles. The van der Waals surface area contributed by atoms with Crippen LogP contribution in [0, 0.1) is 0 Å². The number of hydrogen-bond acceptors (Lipinski definition) is 8. The zero-order valence-corrected chi connectivity index (χ0v) is 22.6. The van der Waals surface area contributed by atoms with Gasteiger partial charge in [-0.2, -0.15) is 0 Å². The van der Waals surface area contributed by atoms with Crippen molar-refractivity contribution in [1.29, 1.82) is 0 Å². The van der Waals surface area contributed by atoms with Gasteiger partial charge in [-0.05, 0) is 42.3 Å². The Balaban J connectivity index is 1.52. The van der Waals surface area contributed by atoms with Crippen molar-refractivity contribution in [2.75, 3.05) is 11.5 Å². The zero-order chi connectivity index (χ0) is 26.6. The second-order valence-electron chi connectivity index (χ2n) is 8.30. The number of amides is 1. The molecule has 0 bridgehead atoms. The van der Waals surface area contributed by atoms with Crippen LogP contribution in [0.1, 0.15) is 29.7 Å². The fourth-order valence-corrected chi connectivity index (χ4v) is 6.04. The van der Waals surface area contributed by atoms with Crippen molar-refractivity contribution in [1.82, 2.24) is 10.2 Å². The maximum Gasteiger partial charge on any atom is 0.301 e. The van der Waals surface area contributed by atoms with Crippen LogP contribution in [0.3, 0.4) is 0 Å². The van der Waals surface area contributed by atoms with Crippen LogP contribution in [0.4, 0.5) is 5.13 Å². The van der Waals surface area contributed by atoms with Gasteiger partial charge in [0, 0.05) is 16.3 Å². The number of carbonyl (C=O) groups is 2. The third kappa shape index (κ3) is 5.31. The number of carbonyl (C=O) groups excluding carboxylic acids is 2.